The molecule has 0 spiro atoms. The molecule has 0 saturated heterocycles. The zero-order valence-electron chi connectivity index (χ0n) is 16.1. The molecule has 0 saturated carbocycles. The lowest BCUT2D eigenvalue weighted by molar-refractivity contribution is 0.00101. The highest BCUT2D eigenvalue weighted by Gasteiger charge is 2.60. The average Bonchev–Trinajstić information content (AvgIpc) is 2.47. The fourth-order valence-corrected chi connectivity index (χ4v) is 10.3. The first-order valence-electron chi connectivity index (χ1n) is 8.38. The molecule has 0 fully saturated rings. The van der Waals surface area contributed by atoms with E-state index >= 15 is 0 Å². The second kappa shape index (κ2) is 7.73. The SMILES string of the molecule is CCC(CC)(O[Si](OC)(OC)C(C)(CC)CC)[Si](C)(C)C. The van der Waals surface area contributed by atoms with Crippen LogP contribution in [-0.2, 0) is 13.3 Å². The molecule has 0 bridgehead atoms. The molecule has 0 radical (unpaired) electrons. The van der Waals surface area contributed by atoms with Gasteiger partial charge in [-0.25, -0.2) is 0 Å². The molecular weight excluding hydrogens is 296 g/mol. The highest BCUT2D eigenvalue weighted by Crippen LogP contribution is 2.49. The minimum atomic E-state index is -2.75. The fourth-order valence-electron chi connectivity index (χ4n) is 3.33. The Hall–Kier alpha value is 0.314. The van der Waals surface area contributed by atoms with Gasteiger partial charge in [-0.05, 0) is 25.7 Å². The third-order valence-corrected chi connectivity index (χ3v) is 13.3. The van der Waals surface area contributed by atoms with Crippen LogP contribution in [-0.4, -0.2) is 36.3 Å². The Bertz CT molecular complexity index is 301. The molecule has 3 nitrogen and oxygen atoms in total. The largest absolute Gasteiger partial charge is 0.506 e. The van der Waals surface area contributed by atoms with Gasteiger partial charge in [0.1, 0.15) is 0 Å². The van der Waals surface area contributed by atoms with Crippen molar-refractivity contribution in [2.75, 3.05) is 14.2 Å². The maximum absolute atomic E-state index is 6.89. The Balaban J connectivity index is 5.90. The lowest BCUT2D eigenvalue weighted by Crippen LogP contribution is -2.65. The van der Waals surface area contributed by atoms with Crippen LogP contribution in [0.4, 0.5) is 0 Å². The zero-order valence-corrected chi connectivity index (χ0v) is 18.1. The van der Waals surface area contributed by atoms with Crippen molar-refractivity contribution in [2.24, 2.45) is 0 Å². The maximum Gasteiger partial charge on any atom is 0.506 e. The van der Waals surface area contributed by atoms with Crippen LogP contribution in [0.25, 0.3) is 0 Å². The van der Waals surface area contributed by atoms with Crippen LogP contribution < -0.4 is 0 Å². The van der Waals surface area contributed by atoms with Gasteiger partial charge in [-0.1, -0.05) is 54.3 Å². The van der Waals surface area contributed by atoms with Crippen molar-refractivity contribution in [1.29, 1.82) is 0 Å². The molecule has 0 rings (SSSR count). The smallest absolute Gasteiger partial charge is 0.377 e. The number of rotatable bonds is 10. The highest BCUT2D eigenvalue weighted by molar-refractivity contribution is 6.80. The number of hydrogen-bond donors (Lipinski definition) is 0. The predicted molar refractivity (Wildman–Crippen MR) is 96.5 cm³/mol. The molecule has 0 aliphatic rings. The first-order chi connectivity index (χ1) is 9.57. The monoisotopic (exact) mass is 334 g/mol. The van der Waals surface area contributed by atoms with E-state index in [9.17, 15) is 0 Å². The Morgan fingerprint density at radius 2 is 1.14 bits per heavy atom. The quantitative estimate of drug-likeness (QED) is 0.511. The standard InChI is InChI=1S/C16H38O3Si2/c1-11-15(5,12-2)21(17-6,18-7)19-16(13-3,14-4)20(8,9)10/h11-14H2,1-10H3. The molecule has 21 heavy (non-hydrogen) atoms. The molecule has 0 N–H and O–H groups in total. The molecule has 0 aliphatic heterocycles. The van der Waals surface area contributed by atoms with Crippen molar-refractivity contribution in [3.63, 3.8) is 0 Å². The van der Waals surface area contributed by atoms with Gasteiger partial charge in [0.05, 0.1) is 8.07 Å². The average molecular weight is 335 g/mol. The van der Waals surface area contributed by atoms with E-state index in [0.29, 0.717) is 0 Å². The summed E-state index contributed by atoms with van der Waals surface area (Å²) >= 11 is 0. The summed E-state index contributed by atoms with van der Waals surface area (Å²) in [5.74, 6) is 0. The zero-order chi connectivity index (χ0) is 16.9. The molecule has 0 amide bonds. The van der Waals surface area contributed by atoms with Gasteiger partial charge in [-0.2, -0.15) is 0 Å². The van der Waals surface area contributed by atoms with E-state index in [1.165, 1.54) is 0 Å². The Morgan fingerprint density at radius 1 is 0.762 bits per heavy atom. The first kappa shape index (κ1) is 21.3. The van der Waals surface area contributed by atoms with Crippen LogP contribution in [0.5, 0.6) is 0 Å². The lowest BCUT2D eigenvalue weighted by Gasteiger charge is -2.51. The van der Waals surface area contributed by atoms with E-state index in [-0.39, 0.29) is 10.3 Å². The van der Waals surface area contributed by atoms with E-state index in [4.69, 9.17) is 13.3 Å². The van der Waals surface area contributed by atoms with Crippen LogP contribution in [0.15, 0.2) is 0 Å². The van der Waals surface area contributed by atoms with E-state index in [1.807, 2.05) is 0 Å². The first-order valence-corrected chi connectivity index (χ1v) is 13.6. The summed E-state index contributed by atoms with van der Waals surface area (Å²) in [6, 6.07) is 0. The molecule has 0 atom stereocenters. The van der Waals surface area contributed by atoms with Crippen LogP contribution in [0.2, 0.25) is 24.7 Å². The predicted octanol–water partition coefficient (Wildman–Crippen LogP) is 5.25. The lowest BCUT2D eigenvalue weighted by atomic mass is 10.1. The molecule has 0 aromatic carbocycles. The molecular formula is C16H38O3Si2. The van der Waals surface area contributed by atoms with E-state index < -0.39 is 16.9 Å². The summed E-state index contributed by atoms with van der Waals surface area (Å²) in [5.41, 5.74) is 0. The van der Waals surface area contributed by atoms with Crippen molar-refractivity contribution in [1.82, 2.24) is 0 Å². The normalized spacial score (nSPS) is 14.6. The fraction of sp³-hybridized carbons (Fsp3) is 1.00. The van der Waals surface area contributed by atoms with Crippen molar-refractivity contribution in [2.45, 2.75) is 90.2 Å². The van der Waals surface area contributed by atoms with Crippen molar-refractivity contribution in [3.8, 4) is 0 Å². The van der Waals surface area contributed by atoms with Gasteiger partial charge >= 0.3 is 8.80 Å². The van der Waals surface area contributed by atoms with E-state index in [1.54, 1.807) is 14.2 Å². The molecule has 0 aromatic rings. The van der Waals surface area contributed by atoms with Crippen LogP contribution >= 0.6 is 0 Å². The third-order valence-electron chi connectivity index (χ3n) is 5.68. The van der Waals surface area contributed by atoms with Gasteiger partial charge in [-0.15, -0.1) is 0 Å². The second-order valence-corrected chi connectivity index (χ2v) is 16.0. The Kier molecular flexibility index (Phi) is 7.84. The summed E-state index contributed by atoms with van der Waals surface area (Å²) in [6.45, 7) is 18.3. The van der Waals surface area contributed by atoms with Gasteiger partial charge in [-0.3, -0.25) is 0 Å². The second-order valence-electron chi connectivity index (χ2n) is 7.29. The van der Waals surface area contributed by atoms with Crippen LogP contribution in [0.1, 0.15) is 60.3 Å². The summed E-state index contributed by atoms with van der Waals surface area (Å²) in [6.07, 6.45) is 4.05. The van der Waals surface area contributed by atoms with Crippen LogP contribution in [0.3, 0.4) is 0 Å². The Labute approximate surface area is 135 Å². The molecule has 0 aliphatic carbocycles. The highest BCUT2D eigenvalue weighted by atomic mass is 28.4. The molecule has 0 aromatic heterocycles. The molecule has 128 valence electrons. The summed E-state index contributed by atoms with van der Waals surface area (Å²) in [4.78, 5) is 0. The summed E-state index contributed by atoms with van der Waals surface area (Å²) in [5, 5.41) is -0.122. The molecule has 0 heterocycles. The summed E-state index contributed by atoms with van der Waals surface area (Å²) in [7, 11) is -0.754. The van der Waals surface area contributed by atoms with Gasteiger partial charge < -0.3 is 13.3 Å². The molecule has 5 heteroatoms. The van der Waals surface area contributed by atoms with Gasteiger partial charge in [0.25, 0.3) is 0 Å². The van der Waals surface area contributed by atoms with Gasteiger partial charge in [0, 0.05) is 24.5 Å². The van der Waals surface area contributed by atoms with E-state index in [0.717, 1.165) is 25.7 Å². The van der Waals surface area contributed by atoms with Crippen LogP contribution in [0, 0.1) is 0 Å². The Morgan fingerprint density at radius 3 is 1.33 bits per heavy atom. The van der Waals surface area contributed by atoms with Gasteiger partial charge in [0.15, 0.2) is 0 Å². The van der Waals surface area contributed by atoms with E-state index in [2.05, 4.69) is 54.3 Å². The third kappa shape index (κ3) is 3.81. The number of hydrogen-bond acceptors (Lipinski definition) is 3. The van der Waals surface area contributed by atoms with Crippen molar-refractivity contribution >= 4 is 16.9 Å². The van der Waals surface area contributed by atoms with Crippen molar-refractivity contribution < 1.29 is 13.3 Å². The van der Waals surface area contributed by atoms with Crippen molar-refractivity contribution in [3.05, 3.63) is 0 Å². The topological polar surface area (TPSA) is 27.7 Å². The maximum atomic E-state index is 6.89. The minimum Gasteiger partial charge on any atom is -0.377 e. The van der Waals surface area contributed by atoms with Gasteiger partial charge in [0.2, 0.25) is 0 Å². The summed E-state index contributed by atoms with van der Waals surface area (Å²) < 4.78 is 18.9. The molecule has 0 unspecified atom stereocenters. The minimum absolute atomic E-state index is 0.0360.